The number of hydrogen-bond donors (Lipinski definition) is 0. The number of hydrogen-bond acceptors (Lipinski definition) is 0. The fourth-order valence-electron chi connectivity index (χ4n) is 5.61. The predicted octanol–water partition coefficient (Wildman–Crippen LogP) is 8.22. The summed E-state index contributed by atoms with van der Waals surface area (Å²) in [7, 11) is 0. The van der Waals surface area contributed by atoms with Crippen molar-refractivity contribution in [2.24, 2.45) is 0 Å². The van der Waals surface area contributed by atoms with Gasteiger partial charge in [0.05, 0.1) is 0 Å². The normalized spacial score (nSPS) is 13.5. The molecule has 0 saturated heterocycles. The van der Waals surface area contributed by atoms with E-state index >= 15 is 0 Å². The van der Waals surface area contributed by atoms with Crippen molar-refractivity contribution in [3.8, 4) is 0 Å². The van der Waals surface area contributed by atoms with Crippen LogP contribution in [0.5, 0.6) is 0 Å². The van der Waals surface area contributed by atoms with Gasteiger partial charge in [0.1, 0.15) is 0 Å². The highest BCUT2D eigenvalue weighted by Crippen LogP contribution is 2.49. The van der Waals surface area contributed by atoms with Crippen LogP contribution < -0.4 is 0 Å². The molecule has 0 aliphatic heterocycles. The van der Waals surface area contributed by atoms with Gasteiger partial charge in [0, 0.05) is 0 Å². The molecule has 0 radical (unpaired) electrons. The molecule has 0 N–H and O–H groups in total. The Labute approximate surface area is 163 Å². The minimum Gasteiger partial charge on any atom is -0.0561 e. The zero-order valence-corrected chi connectivity index (χ0v) is 16.4. The Hall–Kier alpha value is -3.12. The Morgan fingerprint density at radius 2 is 0.786 bits per heavy atom. The summed E-state index contributed by atoms with van der Waals surface area (Å²) in [6.07, 6.45) is 0. The van der Waals surface area contributed by atoms with Gasteiger partial charge in [-0.1, -0.05) is 81.4 Å². The van der Waals surface area contributed by atoms with Crippen LogP contribution in [0.25, 0.3) is 64.6 Å². The molecular formula is C28H20. The van der Waals surface area contributed by atoms with E-state index in [-0.39, 0.29) is 5.41 Å². The quantitative estimate of drug-likeness (QED) is 0.190. The van der Waals surface area contributed by atoms with E-state index in [4.69, 9.17) is 0 Å². The topological polar surface area (TPSA) is 0 Å². The third-order valence-electron chi connectivity index (χ3n) is 6.81. The first kappa shape index (κ1) is 14.9. The molecule has 0 heterocycles. The molecule has 0 unspecified atom stereocenters. The van der Waals surface area contributed by atoms with Gasteiger partial charge in [-0.3, -0.25) is 0 Å². The molecule has 0 saturated carbocycles. The molecule has 0 bridgehead atoms. The van der Waals surface area contributed by atoms with Crippen molar-refractivity contribution in [2.75, 3.05) is 0 Å². The fraction of sp³-hybridized carbons (Fsp3) is 0.143. The van der Waals surface area contributed by atoms with Crippen LogP contribution in [0.1, 0.15) is 26.3 Å². The second kappa shape index (κ2) is 4.47. The predicted molar refractivity (Wildman–Crippen MR) is 124 cm³/mol. The molecule has 7 aromatic rings. The molecule has 0 amide bonds. The van der Waals surface area contributed by atoms with E-state index in [2.05, 4.69) is 87.5 Å². The first-order valence-corrected chi connectivity index (χ1v) is 10.1. The van der Waals surface area contributed by atoms with Crippen molar-refractivity contribution in [2.45, 2.75) is 26.2 Å². The Morgan fingerprint density at radius 3 is 1.25 bits per heavy atom. The average Bonchev–Trinajstić information content (AvgIpc) is 2.70. The van der Waals surface area contributed by atoms with Crippen LogP contribution in [0.2, 0.25) is 0 Å². The molecule has 0 spiro atoms. The van der Waals surface area contributed by atoms with E-state index in [1.54, 1.807) is 0 Å². The van der Waals surface area contributed by atoms with Gasteiger partial charge < -0.3 is 0 Å². The zero-order chi connectivity index (χ0) is 18.8. The SMILES string of the molecule is CC(C)(C)c1cc2ccc3ccc4ccc5ccc6ccc1c1c6c5c4c3c21. The molecule has 0 aliphatic carbocycles. The summed E-state index contributed by atoms with van der Waals surface area (Å²) in [6, 6.07) is 25.5. The molecule has 28 heavy (non-hydrogen) atoms. The minimum atomic E-state index is 0.105. The van der Waals surface area contributed by atoms with Gasteiger partial charge in [-0.25, -0.2) is 0 Å². The lowest BCUT2D eigenvalue weighted by atomic mass is 9.77. The average molecular weight is 356 g/mol. The van der Waals surface area contributed by atoms with Gasteiger partial charge in [0.25, 0.3) is 0 Å². The minimum absolute atomic E-state index is 0.105. The van der Waals surface area contributed by atoms with Gasteiger partial charge in [0.15, 0.2) is 0 Å². The fourth-order valence-corrected chi connectivity index (χ4v) is 5.61. The van der Waals surface area contributed by atoms with Crippen molar-refractivity contribution in [3.63, 3.8) is 0 Å². The number of rotatable bonds is 0. The molecule has 0 nitrogen and oxygen atoms in total. The van der Waals surface area contributed by atoms with Crippen molar-refractivity contribution in [1.82, 2.24) is 0 Å². The van der Waals surface area contributed by atoms with Crippen LogP contribution in [-0.4, -0.2) is 0 Å². The molecular weight excluding hydrogens is 336 g/mol. The Balaban J connectivity index is 1.99. The summed E-state index contributed by atoms with van der Waals surface area (Å²) in [5.41, 5.74) is 1.55. The van der Waals surface area contributed by atoms with Crippen LogP contribution in [-0.2, 0) is 5.41 Å². The van der Waals surface area contributed by atoms with Gasteiger partial charge in [0.2, 0.25) is 0 Å². The van der Waals surface area contributed by atoms with Gasteiger partial charge >= 0.3 is 0 Å². The summed E-state index contributed by atoms with van der Waals surface area (Å²) in [4.78, 5) is 0. The Kier molecular flexibility index (Phi) is 2.38. The van der Waals surface area contributed by atoms with Crippen molar-refractivity contribution >= 4 is 64.6 Å². The summed E-state index contributed by atoms with van der Waals surface area (Å²) in [5.74, 6) is 0. The largest absolute Gasteiger partial charge is 0.0561 e. The lowest BCUT2D eigenvalue weighted by Crippen LogP contribution is -2.12. The molecule has 7 aromatic carbocycles. The standard InChI is InChI=1S/C28H20/c1-28(2,3)21-14-19-11-10-17-7-5-15-4-6-16-8-9-18-12-13-20(21)27-25(18)23(16)22(15)24(17)26(19)27/h4-14H,1-3H3. The molecule has 132 valence electrons. The molecule has 7 rings (SSSR count). The second-order valence-corrected chi connectivity index (χ2v) is 9.42. The Bertz CT molecular complexity index is 1620. The summed E-state index contributed by atoms with van der Waals surface area (Å²) in [5, 5.41) is 16.9. The summed E-state index contributed by atoms with van der Waals surface area (Å²) >= 11 is 0. The molecule has 0 atom stereocenters. The molecule has 0 heteroatoms. The van der Waals surface area contributed by atoms with Crippen LogP contribution in [0, 0.1) is 0 Å². The summed E-state index contributed by atoms with van der Waals surface area (Å²) in [6.45, 7) is 6.99. The van der Waals surface area contributed by atoms with E-state index in [1.807, 2.05) is 0 Å². The smallest absolute Gasteiger partial charge is 0.00109 e. The lowest BCUT2D eigenvalue weighted by Gasteiger charge is -2.26. The van der Waals surface area contributed by atoms with Crippen molar-refractivity contribution in [1.29, 1.82) is 0 Å². The third kappa shape index (κ3) is 1.56. The van der Waals surface area contributed by atoms with Crippen LogP contribution in [0.15, 0.2) is 66.7 Å². The highest BCUT2D eigenvalue weighted by atomic mass is 14.3. The van der Waals surface area contributed by atoms with E-state index < -0.39 is 0 Å². The van der Waals surface area contributed by atoms with Crippen LogP contribution >= 0.6 is 0 Å². The monoisotopic (exact) mass is 356 g/mol. The zero-order valence-electron chi connectivity index (χ0n) is 16.4. The number of benzene rings is 7. The van der Waals surface area contributed by atoms with Gasteiger partial charge in [-0.2, -0.15) is 0 Å². The highest BCUT2D eigenvalue weighted by Gasteiger charge is 2.24. The van der Waals surface area contributed by atoms with E-state index in [9.17, 15) is 0 Å². The Morgan fingerprint density at radius 1 is 0.429 bits per heavy atom. The first-order chi connectivity index (χ1) is 13.5. The molecule has 0 aliphatic rings. The summed E-state index contributed by atoms with van der Waals surface area (Å²) < 4.78 is 0. The van der Waals surface area contributed by atoms with Crippen LogP contribution in [0.3, 0.4) is 0 Å². The van der Waals surface area contributed by atoms with Gasteiger partial charge in [-0.05, 0) is 81.7 Å². The maximum absolute atomic E-state index is 2.44. The first-order valence-electron chi connectivity index (χ1n) is 10.1. The molecule has 0 fully saturated rings. The molecule has 0 aromatic heterocycles. The van der Waals surface area contributed by atoms with Crippen molar-refractivity contribution in [3.05, 3.63) is 72.3 Å². The highest BCUT2D eigenvalue weighted by molar-refractivity contribution is 6.44. The maximum Gasteiger partial charge on any atom is -0.00109 e. The third-order valence-corrected chi connectivity index (χ3v) is 6.81. The van der Waals surface area contributed by atoms with E-state index in [0.717, 1.165) is 0 Å². The maximum atomic E-state index is 2.44. The van der Waals surface area contributed by atoms with E-state index in [0.29, 0.717) is 0 Å². The van der Waals surface area contributed by atoms with Gasteiger partial charge in [-0.15, -0.1) is 0 Å². The van der Waals surface area contributed by atoms with E-state index in [1.165, 1.54) is 70.2 Å². The van der Waals surface area contributed by atoms with Crippen LogP contribution in [0.4, 0.5) is 0 Å². The second-order valence-electron chi connectivity index (χ2n) is 9.42. The lowest BCUT2D eigenvalue weighted by molar-refractivity contribution is 0.596. The van der Waals surface area contributed by atoms with Crippen molar-refractivity contribution < 1.29 is 0 Å².